The van der Waals surface area contributed by atoms with Gasteiger partial charge in [-0.15, -0.1) is 0 Å². The second-order valence-electron chi connectivity index (χ2n) is 11.3. The molecule has 3 saturated heterocycles. The zero-order chi connectivity index (χ0) is 41.3. The third-order valence-electron chi connectivity index (χ3n) is 7.39. The molecule has 0 radical (unpaired) electrons. The summed E-state index contributed by atoms with van der Waals surface area (Å²) in [6.07, 6.45) is -31.9. The number of carboxylic acid groups (broad SMARTS) is 1. The number of aliphatic hydroxyl groups is 5. The number of carbonyl (C=O) groups excluding carboxylic acids is 1. The van der Waals surface area contributed by atoms with Crippen LogP contribution in [0.2, 0.25) is 0 Å². The summed E-state index contributed by atoms with van der Waals surface area (Å²) in [5.41, 5.74) is 0. The zero-order valence-corrected chi connectivity index (χ0v) is 29.8. The fourth-order valence-corrected chi connectivity index (χ4v) is 6.95. The lowest BCUT2D eigenvalue weighted by Gasteiger charge is -2.48. The van der Waals surface area contributed by atoms with Crippen LogP contribution in [0.15, 0.2) is 0 Å². The van der Waals surface area contributed by atoms with Gasteiger partial charge < -0.3 is 59.6 Å². The van der Waals surface area contributed by atoms with Crippen molar-refractivity contribution in [2.45, 2.75) is 98.9 Å². The van der Waals surface area contributed by atoms with E-state index in [1.54, 1.807) is 0 Å². The number of carbonyl (C=O) groups is 2. The van der Waals surface area contributed by atoms with E-state index >= 15 is 0 Å². The minimum absolute atomic E-state index is 0.895. The highest BCUT2D eigenvalue weighted by Gasteiger charge is 2.57. The quantitative estimate of drug-likeness (QED) is 0.0641. The molecule has 30 nitrogen and oxygen atoms in total. The van der Waals surface area contributed by atoms with E-state index in [-0.39, 0.29) is 0 Å². The summed E-state index contributed by atoms with van der Waals surface area (Å²) in [6, 6.07) is -4.28. The smallest absolute Gasteiger partial charge is 0.397 e. The Hall–Kier alpha value is -1.98. The molecule has 0 spiro atoms. The second-order valence-corrected chi connectivity index (χ2v) is 15.7. The van der Waals surface area contributed by atoms with Crippen LogP contribution >= 0.6 is 0 Å². The minimum atomic E-state index is -5.77. The number of rotatable bonds is 16. The van der Waals surface area contributed by atoms with Crippen LogP contribution in [0.4, 0.5) is 0 Å². The third-order valence-corrected chi connectivity index (χ3v) is 9.29. The zero-order valence-electron chi connectivity index (χ0n) is 26.5. The second kappa shape index (κ2) is 17.7. The van der Waals surface area contributed by atoms with Crippen LogP contribution in [0, 0.1) is 0 Å². The summed E-state index contributed by atoms with van der Waals surface area (Å²) >= 11 is 0. The maximum atomic E-state index is 12.4. The molecule has 316 valence electrons. The van der Waals surface area contributed by atoms with Crippen molar-refractivity contribution >= 4 is 53.4 Å². The molecular weight excluding hydrogens is 844 g/mol. The summed E-state index contributed by atoms with van der Waals surface area (Å²) < 4.78 is 168. The summed E-state index contributed by atoms with van der Waals surface area (Å²) in [7, 11) is -21.8. The molecule has 0 aromatic carbocycles. The number of hydrogen-bond acceptors (Lipinski definition) is 23. The molecule has 12 N–H and O–H groups in total. The van der Waals surface area contributed by atoms with E-state index in [0.717, 1.165) is 6.92 Å². The van der Waals surface area contributed by atoms with E-state index in [1.807, 2.05) is 5.32 Å². The van der Waals surface area contributed by atoms with Crippen LogP contribution in [0.1, 0.15) is 6.92 Å². The molecule has 54 heavy (non-hydrogen) atoms. The van der Waals surface area contributed by atoms with Crippen molar-refractivity contribution in [3.63, 3.8) is 0 Å². The summed E-state index contributed by atoms with van der Waals surface area (Å²) in [4.78, 5) is 24.1. The van der Waals surface area contributed by atoms with Gasteiger partial charge in [0.1, 0.15) is 60.9 Å². The van der Waals surface area contributed by atoms with Gasteiger partial charge >= 0.3 is 47.5 Å². The van der Waals surface area contributed by atoms with E-state index in [0.29, 0.717) is 0 Å². The lowest BCUT2D eigenvalue weighted by Crippen LogP contribution is -2.69. The van der Waals surface area contributed by atoms with Crippen molar-refractivity contribution in [2.75, 3.05) is 13.2 Å². The predicted octanol–water partition coefficient (Wildman–Crippen LogP) is -8.46. The number of aliphatic carboxylic acids is 1. The molecule has 15 atom stereocenters. The van der Waals surface area contributed by atoms with Gasteiger partial charge in [0.15, 0.2) is 31.1 Å². The van der Waals surface area contributed by atoms with Crippen molar-refractivity contribution in [1.82, 2.24) is 10.0 Å². The fraction of sp³-hybridized carbons (Fsp3) is 0.900. The summed E-state index contributed by atoms with van der Waals surface area (Å²) in [6.45, 7) is -1.81. The first-order chi connectivity index (χ1) is 24.5. The van der Waals surface area contributed by atoms with Crippen molar-refractivity contribution in [1.29, 1.82) is 0 Å². The van der Waals surface area contributed by atoms with Crippen LogP contribution < -0.4 is 10.0 Å². The van der Waals surface area contributed by atoms with Gasteiger partial charge in [0.25, 0.3) is 0 Å². The topological polar surface area (TPSA) is 471 Å². The Morgan fingerprint density at radius 3 is 1.65 bits per heavy atom. The number of ether oxygens (including phenoxy) is 5. The first-order valence-electron chi connectivity index (χ1n) is 14.3. The average molecular weight is 879 g/mol. The first kappa shape index (κ1) is 46.4. The highest BCUT2D eigenvalue weighted by molar-refractivity contribution is 7.83. The third kappa shape index (κ3) is 13.0. The van der Waals surface area contributed by atoms with Crippen LogP contribution in [0.5, 0.6) is 0 Å². The lowest BCUT2D eigenvalue weighted by atomic mass is 9.95. The van der Waals surface area contributed by atoms with Crippen molar-refractivity contribution in [3.05, 3.63) is 0 Å². The Morgan fingerprint density at radius 1 is 0.630 bits per heavy atom. The Balaban J connectivity index is 2.06. The van der Waals surface area contributed by atoms with Crippen LogP contribution in [-0.4, -0.2) is 200 Å². The van der Waals surface area contributed by atoms with Gasteiger partial charge in [-0.3, -0.25) is 23.0 Å². The van der Waals surface area contributed by atoms with Crippen molar-refractivity contribution < 1.29 is 128 Å². The molecule has 1 amide bonds. The highest BCUT2D eigenvalue weighted by atomic mass is 32.3. The van der Waals surface area contributed by atoms with Gasteiger partial charge in [0.05, 0.1) is 13.2 Å². The molecular formula is C20H34N2O28S4. The minimum Gasteiger partial charge on any atom is -0.479 e. The number of nitrogens with one attached hydrogen (secondary N) is 2. The first-order valence-corrected chi connectivity index (χ1v) is 19.8. The molecule has 3 fully saturated rings. The molecule has 0 bridgehead atoms. The number of hydrogen-bond donors (Lipinski definition) is 12. The lowest BCUT2D eigenvalue weighted by molar-refractivity contribution is -0.357. The molecule has 0 aromatic rings. The largest absolute Gasteiger partial charge is 0.479 e. The van der Waals surface area contributed by atoms with Crippen molar-refractivity contribution in [2.24, 2.45) is 0 Å². The van der Waals surface area contributed by atoms with E-state index in [1.165, 1.54) is 4.72 Å². The Bertz CT molecular complexity index is 1770. The van der Waals surface area contributed by atoms with Gasteiger partial charge in [0, 0.05) is 6.92 Å². The normalized spacial score (nSPS) is 38.4. The predicted molar refractivity (Wildman–Crippen MR) is 157 cm³/mol. The van der Waals surface area contributed by atoms with E-state index < -0.39 is 159 Å². The summed E-state index contributed by atoms with van der Waals surface area (Å²) in [5, 5.41) is 65.5. The molecule has 34 heteroatoms. The fourth-order valence-electron chi connectivity index (χ4n) is 5.26. The van der Waals surface area contributed by atoms with E-state index in [9.17, 15) is 83.0 Å². The maximum absolute atomic E-state index is 12.4. The SMILES string of the molecule is CC(=O)N[C@@H]1[C@@H](O)[C@H](O[C@@H]2O[C@H](C(=O)O)[C@@H](O[C@H]3O[C@H](COS(=O)(=O)O)[C@@H](O)[C@H](O)[C@H]3NS(=O)(=O)O)[C@H](O)[C@H]2OS(=O)(=O)O)[C@@H](COS(=O)(=O)O)O[C@@H]1O. The van der Waals surface area contributed by atoms with Crippen LogP contribution in [0.3, 0.4) is 0 Å². The van der Waals surface area contributed by atoms with Crippen LogP contribution in [-0.2, 0) is 87.3 Å². The average Bonchev–Trinajstić information content (AvgIpc) is 2.99. The number of carboxylic acids is 1. The molecule has 3 heterocycles. The van der Waals surface area contributed by atoms with Gasteiger partial charge in [-0.1, -0.05) is 0 Å². The van der Waals surface area contributed by atoms with Gasteiger partial charge in [-0.25, -0.2) is 17.3 Å². The Kier molecular flexibility index (Phi) is 15.2. The maximum Gasteiger partial charge on any atom is 0.397 e. The number of aliphatic hydroxyl groups excluding tert-OH is 5. The molecule has 0 aliphatic carbocycles. The van der Waals surface area contributed by atoms with Gasteiger partial charge in [-0.05, 0) is 0 Å². The van der Waals surface area contributed by atoms with Gasteiger partial charge in [-0.2, -0.15) is 38.4 Å². The molecule has 0 unspecified atom stereocenters. The number of amides is 1. The molecule has 0 saturated carbocycles. The monoisotopic (exact) mass is 878 g/mol. The van der Waals surface area contributed by atoms with Gasteiger partial charge in [0.2, 0.25) is 5.91 Å². The Morgan fingerprint density at radius 2 is 1.17 bits per heavy atom. The van der Waals surface area contributed by atoms with E-state index in [4.69, 9.17) is 32.8 Å². The Labute approximate surface area is 303 Å². The van der Waals surface area contributed by atoms with Crippen LogP contribution in [0.25, 0.3) is 0 Å². The highest BCUT2D eigenvalue weighted by Crippen LogP contribution is 2.34. The molecule has 3 rings (SSSR count). The summed E-state index contributed by atoms with van der Waals surface area (Å²) in [5.74, 6) is -3.09. The molecule has 0 aromatic heterocycles. The molecule has 3 aliphatic heterocycles. The van der Waals surface area contributed by atoms with E-state index in [2.05, 4.69) is 12.5 Å². The molecule has 3 aliphatic rings. The van der Waals surface area contributed by atoms with Crippen molar-refractivity contribution in [3.8, 4) is 0 Å². The standard InChI is InChI=1S/C20H34N2O28S4/c1-4(23)21-7-11(26)13(6(45-18(7)30)3-44-53(37,38)39)47-20-15(50-54(40,41)42)12(27)14(16(49-20)17(28)29)48-19-8(22-51(31,32)33)10(25)9(24)5(46-19)2-43-52(34,35)36/h5-16,18-20,22,24-27,30H,2-3H2,1H3,(H,21,23)(H,28,29)(H,31,32,33)(H,34,35,36)(H,37,38,39)(H,40,41,42)/t5-,6-,7-,8-,9-,10-,11-,12+,13-,14+,15-,16+,18+,19-,20-/m1/s1.